The van der Waals surface area contributed by atoms with Gasteiger partial charge in [0.1, 0.15) is 5.75 Å². The van der Waals surface area contributed by atoms with Crippen molar-refractivity contribution in [1.82, 2.24) is 4.98 Å². The van der Waals surface area contributed by atoms with E-state index in [0.717, 1.165) is 16.0 Å². The maximum Gasteiger partial charge on any atom is 0.234 e. The van der Waals surface area contributed by atoms with Gasteiger partial charge in [0.2, 0.25) is 10.0 Å². The Hall–Kier alpha value is -1.34. The minimum absolute atomic E-state index is 0.104. The number of nitrogens with one attached hydrogen (secondary N) is 1. The topological polar surface area (TPSA) is 68.3 Å². The molecule has 0 fully saturated rings. The maximum absolute atomic E-state index is 11.7. The van der Waals surface area contributed by atoms with E-state index in [2.05, 4.69) is 9.71 Å². The molecule has 0 spiro atoms. The zero-order chi connectivity index (χ0) is 13.9. The van der Waals surface area contributed by atoms with E-state index < -0.39 is 10.0 Å². The second kappa shape index (κ2) is 5.75. The first-order chi connectivity index (χ1) is 9.04. The molecule has 1 aromatic carbocycles. The first-order valence-corrected chi connectivity index (χ1v) is 8.55. The van der Waals surface area contributed by atoms with Crippen LogP contribution in [0.15, 0.2) is 18.2 Å². The molecule has 0 radical (unpaired) electrons. The van der Waals surface area contributed by atoms with Gasteiger partial charge in [0.05, 0.1) is 22.6 Å². The third-order valence-electron chi connectivity index (χ3n) is 2.39. The number of ether oxygens (including phenoxy) is 1. The van der Waals surface area contributed by atoms with E-state index in [4.69, 9.17) is 4.74 Å². The van der Waals surface area contributed by atoms with Gasteiger partial charge >= 0.3 is 0 Å². The van der Waals surface area contributed by atoms with Crippen LogP contribution in [0.25, 0.3) is 10.2 Å². The van der Waals surface area contributed by atoms with Gasteiger partial charge in [-0.2, -0.15) is 0 Å². The van der Waals surface area contributed by atoms with Crippen LogP contribution in [-0.2, 0) is 10.0 Å². The molecule has 0 unspecified atom stereocenters. The summed E-state index contributed by atoms with van der Waals surface area (Å²) in [5, 5.41) is 0.400. The minimum Gasteiger partial charge on any atom is -0.494 e. The van der Waals surface area contributed by atoms with Gasteiger partial charge in [0.15, 0.2) is 5.13 Å². The third-order valence-corrected chi connectivity index (χ3v) is 4.90. The summed E-state index contributed by atoms with van der Waals surface area (Å²) < 4.78 is 32.2. The van der Waals surface area contributed by atoms with Crippen LogP contribution < -0.4 is 9.46 Å². The summed E-state index contributed by atoms with van der Waals surface area (Å²) in [5.74, 6) is 0.870. The number of aromatic nitrogens is 1. The summed E-state index contributed by atoms with van der Waals surface area (Å²) >= 11 is 1.31. The van der Waals surface area contributed by atoms with E-state index >= 15 is 0 Å². The maximum atomic E-state index is 11.7. The summed E-state index contributed by atoms with van der Waals surface area (Å²) in [4.78, 5) is 4.25. The molecule has 0 aliphatic rings. The average molecular weight is 300 g/mol. The fraction of sp³-hybridized carbons (Fsp3) is 0.417. The van der Waals surface area contributed by atoms with E-state index in [1.807, 2.05) is 32.0 Å². The van der Waals surface area contributed by atoms with Crippen LogP contribution >= 0.6 is 11.3 Å². The highest BCUT2D eigenvalue weighted by atomic mass is 32.2. The van der Waals surface area contributed by atoms with Crippen LogP contribution in [0.1, 0.15) is 20.3 Å². The van der Waals surface area contributed by atoms with Crippen molar-refractivity contribution in [1.29, 1.82) is 0 Å². The number of fused-ring (bicyclic) bond motifs is 1. The molecule has 7 heteroatoms. The molecule has 5 nitrogen and oxygen atoms in total. The van der Waals surface area contributed by atoms with E-state index in [0.29, 0.717) is 18.2 Å². The lowest BCUT2D eigenvalue weighted by molar-refractivity contribution is 0.341. The highest BCUT2D eigenvalue weighted by Crippen LogP contribution is 2.29. The summed E-state index contributed by atoms with van der Waals surface area (Å²) in [6.45, 7) is 4.34. The van der Waals surface area contributed by atoms with Gasteiger partial charge in [-0.15, -0.1) is 0 Å². The Morgan fingerprint density at radius 2 is 2.16 bits per heavy atom. The zero-order valence-electron chi connectivity index (χ0n) is 10.8. The highest BCUT2D eigenvalue weighted by molar-refractivity contribution is 7.92. The standard InChI is InChI=1S/C12H16N2O3S2/c1-3-7-19(15,16)14-12-13-10-6-5-9(17-4-2)8-11(10)18-12/h5-6,8H,3-4,7H2,1-2H3,(H,13,14). The molecule has 2 rings (SSSR count). The molecule has 0 aliphatic heterocycles. The van der Waals surface area contributed by atoms with E-state index in [1.165, 1.54) is 11.3 Å². The SMILES string of the molecule is CCCS(=O)(=O)Nc1nc2ccc(OCC)cc2s1. The summed E-state index contributed by atoms with van der Waals surface area (Å²) in [7, 11) is -3.29. The quantitative estimate of drug-likeness (QED) is 0.890. The molecular formula is C12H16N2O3S2. The molecule has 0 amide bonds. The lowest BCUT2D eigenvalue weighted by atomic mass is 10.3. The Kier molecular flexibility index (Phi) is 4.26. The van der Waals surface area contributed by atoms with Crippen molar-refractivity contribution in [2.24, 2.45) is 0 Å². The molecule has 1 N–H and O–H groups in total. The van der Waals surface area contributed by atoms with Crippen molar-refractivity contribution >= 4 is 36.7 Å². The van der Waals surface area contributed by atoms with Crippen molar-refractivity contribution < 1.29 is 13.2 Å². The molecule has 0 atom stereocenters. The molecule has 0 saturated heterocycles. The lowest BCUT2D eigenvalue weighted by Gasteiger charge is -2.01. The number of hydrogen-bond donors (Lipinski definition) is 1. The van der Waals surface area contributed by atoms with Crippen molar-refractivity contribution in [2.45, 2.75) is 20.3 Å². The van der Waals surface area contributed by atoms with E-state index in [9.17, 15) is 8.42 Å². The van der Waals surface area contributed by atoms with Crippen molar-refractivity contribution in [3.63, 3.8) is 0 Å². The largest absolute Gasteiger partial charge is 0.494 e. The van der Waals surface area contributed by atoms with Crippen LogP contribution in [0.4, 0.5) is 5.13 Å². The molecule has 0 aliphatic carbocycles. The second-order valence-electron chi connectivity index (χ2n) is 4.00. The van der Waals surface area contributed by atoms with Crippen LogP contribution in [0, 0.1) is 0 Å². The molecule has 1 aromatic heterocycles. The van der Waals surface area contributed by atoms with Crippen molar-refractivity contribution in [3.8, 4) is 5.75 Å². The first kappa shape index (κ1) is 14.1. The van der Waals surface area contributed by atoms with Crippen molar-refractivity contribution in [2.75, 3.05) is 17.1 Å². The number of sulfonamides is 1. The number of benzene rings is 1. The number of rotatable bonds is 6. The van der Waals surface area contributed by atoms with Crippen LogP contribution in [0.3, 0.4) is 0 Å². The number of thiazole rings is 1. The molecule has 19 heavy (non-hydrogen) atoms. The Labute approximate surface area is 116 Å². The smallest absolute Gasteiger partial charge is 0.234 e. The molecule has 1 heterocycles. The number of hydrogen-bond acceptors (Lipinski definition) is 5. The minimum atomic E-state index is -3.29. The number of anilines is 1. The molecular weight excluding hydrogens is 284 g/mol. The molecule has 0 bridgehead atoms. The highest BCUT2D eigenvalue weighted by Gasteiger charge is 2.12. The zero-order valence-corrected chi connectivity index (χ0v) is 12.5. The third kappa shape index (κ3) is 3.57. The lowest BCUT2D eigenvalue weighted by Crippen LogP contribution is -2.15. The van der Waals surface area contributed by atoms with Crippen LogP contribution in [0.5, 0.6) is 5.75 Å². The van der Waals surface area contributed by atoms with Gasteiger partial charge in [-0.05, 0) is 31.5 Å². The van der Waals surface area contributed by atoms with E-state index in [-0.39, 0.29) is 5.75 Å². The fourth-order valence-corrected chi connectivity index (χ4v) is 3.90. The van der Waals surface area contributed by atoms with Crippen LogP contribution in [0.2, 0.25) is 0 Å². The van der Waals surface area contributed by atoms with Gasteiger partial charge in [-0.1, -0.05) is 18.3 Å². The summed E-state index contributed by atoms with van der Waals surface area (Å²) in [6, 6.07) is 5.53. The van der Waals surface area contributed by atoms with Gasteiger partial charge in [-0.25, -0.2) is 13.4 Å². The van der Waals surface area contributed by atoms with Crippen molar-refractivity contribution in [3.05, 3.63) is 18.2 Å². The van der Waals surface area contributed by atoms with Crippen LogP contribution in [-0.4, -0.2) is 25.8 Å². The Balaban J connectivity index is 2.26. The predicted octanol–water partition coefficient (Wildman–Crippen LogP) is 2.85. The average Bonchev–Trinajstić information content (AvgIpc) is 2.69. The fourth-order valence-electron chi connectivity index (χ4n) is 1.66. The monoisotopic (exact) mass is 300 g/mol. The van der Waals surface area contributed by atoms with Gasteiger partial charge in [-0.3, -0.25) is 4.72 Å². The Bertz CT molecular complexity index is 665. The normalized spacial score (nSPS) is 11.7. The molecule has 0 saturated carbocycles. The Morgan fingerprint density at radius 1 is 1.37 bits per heavy atom. The summed E-state index contributed by atoms with van der Waals surface area (Å²) in [5.41, 5.74) is 0.766. The summed E-state index contributed by atoms with van der Waals surface area (Å²) in [6.07, 6.45) is 0.578. The second-order valence-corrected chi connectivity index (χ2v) is 6.88. The number of nitrogens with zero attached hydrogens (tertiary/aromatic N) is 1. The first-order valence-electron chi connectivity index (χ1n) is 6.08. The molecule has 2 aromatic rings. The molecule has 104 valence electrons. The van der Waals surface area contributed by atoms with Gasteiger partial charge in [0.25, 0.3) is 0 Å². The van der Waals surface area contributed by atoms with Gasteiger partial charge in [0, 0.05) is 0 Å². The Morgan fingerprint density at radius 3 is 2.84 bits per heavy atom. The van der Waals surface area contributed by atoms with Gasteiger partial charge < -0.3 is 4.74 Å². The predicted molar refractivity (Wildman–Crippen MR) is 78.5 cm³/mol. The van der Waals surface area contributed by atoms with E-state index in [1.54, 1.807) is 0 Å².